The lowest BCUT2D eigenvalue weighted by Gasteiger charge is -2.10. The topological polar surface area (TPSA) is 17.1 Å². The number of benzene rings is 3. The lowest BCUT2D eigenvalue weighted by molar-refractivity contribution is 0.0984. The zero-order valence-electron chi connectivity index (χ0n) is 12.3. The number of ketones is 1. The Morgan fingerprint density at radius 3 is 2.23 bits per heavy atom. The van der Waals surface area contributed by atoms with Crippen molar-refractivity contribution in [3.05, 3.63) is 83.9 Å². The van der Waals surface area contributed by atoms with Crippen molar-refractivity contribution >= 4 is 5.78 Å². The molecule has 0 heterocycles. The van der Waals surface area contributed by atoms with Crippen LogP contribution in [0.2, 0.25) is 0 Å². The number of carbonyl (C=O) groups is 1. The Balaban J connectivity index is 1.92. The van der Waals surface area contributed by atoms with Crippen LogP contribution in [0.5, 0.6) is 0 Å². The predicted octanol–water partition coefficient (Wildman–Crippen LogP) is 5.15. The van der Waals surface area contributed by atoms with Gasteiger partial charge < -0.3 is 0 Å². The van der Waals surface area contributed by atoms with Crippen LogP contribution in [0.1, 0.15) is 22.3 Å². The number of carbonyl (C=O) groups excluding carboxylic acids is 1. The third kappa shape index (κ3) is 2.15. The molecule has 0 saturated heterocycles. The monoisotopic (exact) mass is 284 g/mol. The fourth-order valence-corrected chi connectivity index (χ4v) is 3.20. The first-order valence-electron chi connectivity index (χ1n) is 7.64. The fourth-order valence-electron chi connectivity index (χ4n) is 3.20. The number of Topliss-reactive ketones (excluding diaryl/α,β-unsaturated/α-hetero) is 1. The number of rotatable bonds is 1. The highest BCUT2D eigenvalue weighted by atomic mass is 16.1. The zero-order chi connectivity index (χ0) is 14.9. The zero-order valence-corrected chi connectivity index (χ0v) is 12.3. The molecular formula is C21H16O. The van der Waals surface area contributed by atoms with Crippen LogP contribution in [-0.4, -0.2) is 5.78 Å². The number of hydrogen-bond acceptors (Lipinski definition) is 1. The minimum Gasteiger partial charge on any atom is -0.294 e. The molecule has 0 saturated carbocycles. The summed E-state index contributed by atoms with van der Waals surface area (Å²) < 4.78 is 0. The summed E-state index contributed by atoms with van der Waals surface area (Å²) in [6.07, 6.45) is 1.41. The summed E-state index contributed by atoms with van der Waals surface area (Å²) in [5.41, 5.74) is 6.64. The molecule has 0 aliphatic heterocycles. The molecule has 0 fully saturated rings. The minimum atomic E-state index is 0.240. The van der Waals surface area contributed by atoms with Gasteiger partial charge >= 0.3 is 0 Å². The molecule has 4 rings (SSSR count). The quantitative estimate of drug-likeness (QED) is 0.604. The average Bonchev–Trinajstić information content (AvgIpc) is 2.73. The highest BCUT2D eigenvalue weighted by molar-refractivity contribution is 6.05. The lowest BCUT2D eigenvalue weighted by Crippen LogP contribution is -1.99. The van der Waals surface area contributed by atoms with E-state index in [-0.39, 0.29) is 5.78 Å². The van der Waals surface area contributed by atoms with Crippen LogP contribution >= 0.6 is 0 Å². The van der Waals surface area contributed by atoms with Gasteiger partial charge in [-0.25, -0.2) is 0 Å². The van der Waals surface area contributed by atoms with Gasteiger partial charge in [0.2, 0.25) is 0 Å². The number of aryl methyl sites for hydroxylation is 1. The maximum atomic E-state index is 12.6. The molecule has 0 spiro atoms. The van der Waals surface area contributed by atoms with Crippen LogP contribution in [0.3, 0.4) is 0 Å². The second kappa shape index (κ2) is 5.27. The molecule has 106 valence electrons. The van der Waals surface area contributed by atoms with Crippen LogP contribution in [0.15, 0.2) is 72.8 Å². The van der Waals surface area contributed by atoms with E-state index in [1.54, 1.807) is 0 Å². The molecule has 1 nitrogen and oxygen atoms in total. The molecule has 0 atom stereocenters. The van der Waals surface area contributed by atoms with E-state index in [4.69, 9.17) is 0 Å². The van der Waals surface area contributed by atoms with Crippen molar-refractivity contribution in [1.29, 1.82) is 0 Å². The molecule has 3 aromatic rings. The SMILES string of the molecule is O=C1CCc2ccccc2-c2ccc(-c3ccccc3)cc21. The maximum Gasteiger partial charge on any atom is 0.163 e. The van der Waals surface area contributed by atoms with Crippen LogP contribution < -0.4 is 0 Å². The van der Waals surface area contributed by atoms with Crippen molar-refractivity contribution in [3.63, 3.8) is 0 Å². The van der Waals surface area contributed by atoms with Crippen LogP contribution in [0, 0.1) is 0 Å². The second-order valence-corrected chi connectivity index (χ2v) is 5.71. The van der Waals surface area contributed by atoms with Crippen molar-refractivity contribution in [2.75, 3.05) is 0 Å². The summed E-state index contributed by atoms with van der Waals surface area (Å²) in [5, 5.41) is 0. The van der Waals surface area contributed by atoms with Gasteiger partial charge in [-0.2, -0.15) is 0 Å². The first-order chi connectivity index (χ1) is 10.8. The van der Waals surface area contributed by atoms with E-state index in [0.717, 1.165) is 28.7 Å². The van der Waals surface area contributed by atoms with Gasteiger partial charge in [0, 0.05) is 12.0 Å². The number of hydrogen-bond donors (Lipinski definition) is 0. The summed E-state index contributed by atoms with van der Waals surface area (Å²) in [4.78, 5) is 12.6. The molecule has 1 heteroatoms. The van der Waals surface area contributed by atoms with Gasteiger partial charge in [0.15, 0.2) is 5.78 Å². The molecule has 0 N–H and O–H groups in total. The lowest BCUT2D eigenvalue weighted by atomic mass is 9.93. The van der Waals surface area contributed by atoms with Gasteiger partial charge in [0.25, 0.3) is 0 Å². The van der Waals surface area contributed by atoms with Crippen LogP contribution in [-0.2, 0) is 6.42 Å². The van der Waals surface area contributed by atoms with E-state index >= 15 is 0 Å². The molecular weight excluding hydrogens is 268 g/mol. The van der Waals surface area contributed by atoms with E-state index in [0.29, 0.717) is 6.42 Å². The van der Waals surface area contributed by atoms with Gasteiger partial charge in [-0.3, -0.25) is 4.79 Å². The highest BCUT2D eigenvalue weighted by Gasteiger charge is 2.20. The van der Waals surface area contributed by atoms with E-state index < -0.39 is 0 Å². The molecule has 1 aliphatic carbocycles. The van der Waals surface area contributed by atoms with E-state index in [9.17, 15) is 4.79 Å². The van der Waals surface area contributed by atoms with Gasteiger partial charge in [-0.1, -0.05) is 66.7 Å². The molecule has 0 amide bonds. The van der Waals surface area contributed by atoms with Gasteiger partial charge in [0.05, 0.1) is 0 Å². The normalized spacial score (nSPS) is 13.2. The molecule has 3 aromatic carbocycles. The van der Waals surface area contributed by atoms with Crippen LogP contribution in [0.25, 0.3) is 22.3 Å². The second-order valence-electron chi connectivity index (χ2n) is 5.71. The summed E-state index contributed by atoms with van der Waals surface area (Å²) in [7, 11) is 0. The van der Waals surface area contributed by atoms with E-state index in [2.05, 4.69) is 42.5 Å². The Bertz CT molecular complexity index is 847. The summed E-state index contributed by atoms with van der Waals surface area (Å²) in [6.45, 7) is 0. The van der Waals surface area contributed by atoms with Crippen LogP contribution in [0.4, 0.5) is 0 Å². The van der Waals surface area contributed by atoms with Gasteiger partial charge in [0.1, 0.15) is 0 Å². The Morgan fingerprint density at radius 2 is 1.36 bits per heavy atom. The molecule has 0 aromatic heterocycles. The van der Waals surface area contributed by atoms with Gasteiger partial charge in [-0.15, -0.1) is 0 Å². The standard InChI is InChI=1S/C21H16O/c22-21-13-11-16-8-4-5-9-18(16)19-12-10-17(14-20(19)21)15-6-2-1-3-7-15/h1-10,12,14H,11,13H2. The van der Waals surface area contributed by atoms with E-state index in [1.807, 2.05) is 30.3 Å². The Morgan fingerprint density at radius 1 is 0.591 bits per heavy atom. The fraction of sp³-hybridized carbons (Fsp3) is 0.0952. The first kappa shape index (κ1) is 13.0. The molecule has 0 unspecified atom stereocenters. The third-order valence-corrected chi connectivity index (χ3v) is 4.36. The van der Waals surface area contributed by atoms with Gasteiger partial charge in [-0.05, 0) is 40.3 Å². The number of fused-ring (bicyclic) bond motifs is 3. The summed E-state index contributed by atoms with van der Waals surface area (Å²) in [5.74, 6) is 0.240. The third-order valence-electron chi connectivity index (χ3n) is 4.36. The van der Waals surface area contributed by atoms with Crippen molar-refractivity contribution in [2.24, 2.45) is 0 Å². The predicted molar refractivity (Wildman–Crippen MR) is 90.0 cm³/mol. The van der Waals surface area contributed by atoms with Crippen molar-refractivity contribution in [2.45, 2.75) is 12.8 Å². The van der Waals surface area contributed by atoms with Crippen molar-refractivity contribution in [3.8, 4) is 22.3 Å². The smallest absolute Gasteiger partial charge is 0.163 e. The highest BCUT2D eigenvalue weighted by Crippen LogP contribution is 2.34. The van der Waals surface area contributed by atoms with E-state index in [1.165, 1.54) is 11.1 Å². The van der Waals surface area contributed by atoms with Crippen molar-refractivity contribution in [1.82, 2.24) is 0 Å². The maximum absolute atomic E-state index is 12.6. The Labute approximate surface area is 130 Å². The molecule has 0 bridgehead atoms. The Hall–Kier alpha value is -2.67. The average molecular weight is 284 g/mol. The van der Waals surface area contributed by atoms with Crippen molar-refractivity contribution < 1.29 is 4.79 Å². The molecule has 22 heavy (non-hydrogen) atoms. The minimum absolute atomic E-state index is 0.240. The summed E-state index contributed by atoms with van der Waals surface area (Å²) in [6, 6.07) is 24.8. The Kier molecular flexibility index (Phi) is 3.12. The molecule has 1 aliphatic rings. The first-order valence-corrected chi connectivity index (χ1v) is 7.64. The molecule has 0 radical (unpaired) electrons. The summed E-state index contributed by atoms with van der Waals surface area (Å²) >= 11 is 0. The largest absolute Gasteiger partial charge is 0.294 e.